The minimum atomic E-state index is -0.221. The molecular formula is C17H28O4. The molecule has 0 spiro atoms. The van der Waals surface area contributed by atoms with Crippen LogP contribution in [-0.4, -0.2) is 31.4 Å². The van der Waals surface area contributed by atoms with Crippen molar-refractivity contribution in [3.05, 3.63) is 12.8 Å². The Balaban J connectivity index is 1.78. The molecule has 0 saturated heterocycles. The maximum absolute atomic E-state index is 12.1. The van der Waals surface area contributed by atoms with E-state index in [9.17, 15) is 4.79 Å². The zero-order chi connectivity index (χ0) is 15.0. The zero-order valence-electron chi connectivity index (χ0n) is 13.0. The van der Waals surface area contributed by atoms with E-state index in [1.165, 1.54) is 51.2 Å². The van der Waals surface area contributed by atoms with Crippen molar-refractivity contribution in [2.24, 2.45) is 5.92 Å². The average Bonchev–Trinajstić information content (AvgIpc) is 2.98. The maximum atomic E-state index is 12.1. The quantitative estimate of drug-likeness (QED) is 0.390. The number of hydrogen-bond acceptors (Lipinski definition) is 4. The first-order chi connectivity index (χ1) is 10.3. The highest BCUT2D eigenvalue weighted by Gasteiger charge is 2.44. The molecule has 0 radical (unpaired) electrons. The molecule has 21 heavy (non-hydrogen) atoms. The largest absolute Gasteiger partial charge is 0.499 e. The van der Waals surface area contributed by atoms with Crippen molar-refractivity contribution in [1.29, 1.82) is 0 Å². The van der Waals surface area contributed by atoms with Gasteiger partial charge in [-0.1, -0.05) is 25.8 Å². The Hall–Kier alpha value is -1.03. The van der Waals surface area contributed by atoms with E-state index in [4.69, 9.17) is 14.2 Å². The molecule has 0 aromatic heterocycles. The predicted octanol–water partition coefficient (Wildman–Crippen LogP) is 3.60. The SMILES string of the molecule is C=COCCOCC(=O)OC1(C2CCCCC2)CCCC1. The van der Waals surface area contributed by atoms with Crippen LogP contribution in [0.1, 0.15) is 57.8 Å². The minimum absolute atomic E-state index is 0.0228. The Labute approximate surface area is 127 Å². The molecule has 2 saturated carbocycles. The lowest BCUT2D eigenvalue weighted by atomic mass is 9.76. The molecule has 120 valence electrons. The van der Waals surface area contributed by atoms with Crippen LogP contribution in [0.25, 0.3) is 0 Å². The number of ether oxygens (including phenoxy) is 3. The van der Waals surface area contributed by atoms with Crippen LogP contribution in [0.15, 0.2) is 12.8 Å². The third-order valence-corrected chi connectivity index (χ3v) is 4.80. The summed E-state index contributed by atoms with van der Waals surface area (Å²) in [6.45, 7) is 4.28. The fourth-order valence-corrected chi connectivity index (χ4v) is 3.80. The van der Waals surface area contributed by atoms with Gasteiger partial charge in [-0.3, -0.25) is 0 Å². The van der Waals surface area contributed by atoms with Gasteiger partial charge in [-0.25, -0.2) is 4.79 Å². The fraction of sp³-hybridized carbons (Fsp3) is 0.824. The van der Waals surface area contributed by atoms with Crippen molar-refractivity contribution in [3.63, 3.8) is 0 Å². The van der Waals surface area contributed by atoms with Gasteiger partial charge in [0.25, 0.3) is 0 Å². The standard InChI is InChI=1S/C17H28O4/c1-2-19-12-13-20-14-16(18)21-17(10-6-7-11-17)15-8-4-3-5-9-15/h2,15H,1,3-14H2. The third kappa shape index (κ3) is 4.73. The Morgan fingerprint density at radius 3 is 2.48 bits per heavy atom. The van der Waals surface area contributed by atoms with E-state index in [0.717, 1.165) is 12.8 Å². The van der Waals surface area contributed by atoms with Crippen molar-refractivity contribution >= 4 is 5.97 Å². The van der Waals surface area contributed by atoms with Crippen LogP contribution in [0.3, 0.4) is 0 Å². The zero-order valence-corrected chi connectivity index (χ0v) is 13.0. The van der Waals surface area contributed by atoms with Gasteiger partial charge < -0.3 is 14.2 Å². The Bertz CT molecular complexity index is 328. The maximum Gasteiger partial charge on any atom is 0.332 e. The molecule has 0 bridgehead atoms. The van der Waals surface area contributed by atoms with Crippen LogP contribution in [0.2, 0.25) is 0 Å². The molecule has 4 heteroatoms. The number of carbonyl (C=O) groups is 1. The Morgan fingerprint density at radius 1 is 1.10 bits per heavy atom. The number of rotatable bonds is 8. The highest BCUT2D eigenvalue weighted by molar-refractivity contribution is 5.71. The molecular weight excluding hydrogens is 268 g/mol. The molecule has 0 aromatic carbocycles. The molecule has 2 aliphatic rings. The summed E-state index contributed by atoms with van der Waals surface area (Å²) >= 11 is 0. The van der Waals surface area contributed by atoms with Gasteiger partial charge in [-0.05, 0) is 44.4 Å². The molecule has 0 aromatic rings. The summed E-state index contributed by atoms with van der Waals surface area (Å²) in [7, 11) is 0. The van der Waals surface area contributed by atoms with Crippen LogP contribution in [0.4, 0.5) is 0 Å². The van der Waals surface area contributed by atoms with Crippen molar-refractivity contribution in [2.45, 2.75) is 63.4 Å². The van der Waals surface area contributed by atoms with Crippen LogP contribution in [0, 0.1) is 5.92 Å². The molecule has 2 fully saturated rings. The van der Waals surface area contributed by atoms with Crippen molar-refractivity contribution in [1.82, 2.24) is 0 Å². The monoisotopic (exact) mass is 296 g/mol. The van der Waals surface area contributed by atoms with E-state index in [1.54, 1.807) is 0 Å². The minimum Gasteiger partial charge on any atom is -0.499 e. The Morgan fingerprint density at radius 2 is 1.81 bits per heavy atom. The van der Waals surface area contributed by atoms with Gasteiger partial charge in [0.05, 0.1) is 12.9 Å². The van der Waals surface area contributed by atoms with Crippen LogP contribution < -0.4 is 0 Å². The summed E-state index contributed by atoms with van der Waals surface area (Å²) in [5.41, 5.74) is -0.196. The van der Waals surface area contributed by atoms with E-state index in [1.807, 2.05) is 0 Å². The summed E-state index contributed by atoms with van der Waals surface area (Å²) in [4.78, 5) is 12.1. The van der Waals surface area contributed by atoms with Gasteiger partial charge >= 0.3 is 5.97 Å². The first-order valence-electron chi connectivity index (χ1n) is 8.29. The van der Waals surface area contributed by atoms with Crippen LogP contribution >= 0.6 is 0 Å². The van der Waals surface area contributed by atoms with Gasteiger partial charge in [0.1, 0.15) is 18.8 Å². The summed E-state index contributed by atoms with van der Waals surface area (Å²) in [5, 5.41) is 0. The lowest BCUT2D eigenvalue weighted by Gasteiger charge is -2.39. The normalized spacial score (nSPS) is 21.9. The second kappa shape index (κ2) is 8.42. The highest BCUT2D eigenvalue weighted by Crippen LogP contribution is 2.45. The van der Waals surface area contributed by atoms with Gasteiger partial charge in [-0.15, -0.1) is 0 Å². The molecule has 0 unspecified atom stereocenters. The third-order valence-electron chi connectivity index (χ3n) is 4.80. The molecule has 0 N–H and O–H groups in total. The lowest BCUT2D eigenvalue weighted by Crippen LogP contribution is -2.42. The molecule has 0 heterocycles. The number of carbonyl (C=O) groups excluding carboxylic acids is 1. The summed E-state index contributed by atoms with van der Waals surface area (Å²) < 4.78 is 16.2. The van der Waals surface area contributed by atoms with Crippen molar-refractivity contribution in [2.75, 3.05) is 19.8 Å². The molecule has 0 amide bonds. The van der Waals surface area contributed by atoms with E-state index >= 15 is 0 Å². The molecule has 0 atom stereocenters. The smallest absolute Gasteiger partial charge is 0.332 e. The van der Waals surface area contributed by atoms with E-state index in [-0.39, 0.29) is 18.2 Å². The van der Waals surface area contributed by atoms with Gasteiger partial charge in [0.2, 0.25) is 0 Å². The first-order valence-corrected chi connectivity index (χ1v) is 8.29. The van der Waals surface area contributed by atoms with E-state index < -0.39 is 0 Å². The Kier molecular flexibility index (Phi) is 6.55. The van der Waals surface area contributed by atoms with Gasteiger partial charge in [0, 0.05) is 0 Å². The van der Waals surface area contributed by atoms with E-state index in [2.05, 4.69) is 6.58 Å². The predicted molar refractivity (Wildman–Crippen MR) is 80.8 cm³/mol. The second-order valence-electron chi connectivity index (χ2n) is 6.17. The fourth-order valence-electron chi connectivity index (χ4n) is 3.80. The topological polar surface area (TPSA) is 44.8 Å². The van der Waals surface area contributed by atoms with Crippen molar-refractivity contribution < 1.29 is 19.0 Å². The van der Waals surface area contributed by atoms with Crippen LogP contribution in [-0.2, 0) is 19.0 Å². The van der Waals surface area contributed by atoms with Gasteiger partial charge in [0.15, 0.2) is 0 Å². The molecule has 2 aliphatic carbocycles. The first kappa shape index (κ1) is 16.3. The summed E-state index contributed by atoms with van der Waals surface area (Å²) in [5.74, 6) is 0.336. The second-order valence-corrected chi connectivity index (χ2v) is 6.17. The van der Waals surface area contributed by atoms with Crippen molar-refractivity contribution in [3.8, 4) is 0 Å². The number of esters is 1. The molecule has 0 aliphatic heterocycles. The summed E-state index contributed by atoms with van der Waals surface area (Å²) in [6.07, 6.45) is 12.1. The molecule has 4 nitrogen and oxygen atoms in total. The van der Waals surface area contributed by atoms with E-state index in [0.29, 0.717) is 19.1 Å². The van der Waals surface area contributed by atoms with Crippen LogP contribution in [0.5, 0.6) is 0 Å². The van der Waals surface area contributed by atoms with Gasteiger partial charge in [-0.2, -0.15) is 0 Å². The highest BCUT2D eigenvalue weighted by atomic mass is 16.6. The lowest BCUT2D eigenvalue weighted by molar-refractivity contribution is -0.172. The summed E-state index contributed by atoms with van der Waals surface area (Å²) in [6, 6.07) is 0. The molecule has 2 rings (SSSR count). The average molecular weight is 296 g/mol. The number of hydrogen-bond donors (Lipinski definition) is 0.